The van der Waals surface area contributed by atoms with E-state index in [1.165, 1.54) is 16.9 Å². The molecule has 0 fully saturated rings. The maximum Gasteiger partial charge on any atom is 0.230 e. The molecule has 4 heteroatoms. The molecule has 0 aliphatic heterocycles. The second-order valence-electron chi connectivity index (χ2n) is 6.82. The molecule has 0 saturated carbocycles. The van der Waals surface area contributed by atoms with Gasteiger partial charge in [-0.05, 0) is 23.1 Å². The number of benzene rings is 3. The molecular formula is C25H22N2OS. The lowest BCUT2D eigenvalue weighted by Gasteiger charge is -2.03. The summed E-state index contributed by atoms with van der Waals surface area (Å²) in [5.74, 6) is -0.0535. The fourth-order valence-corrected chi connectivity index (χ4v) is 4.20. The normalized spacial score (nSPS) is 10.7. The topological polar surface area (TPSA) is 42.0 Å². The number of aryl methyl sites for hydroxylation is 1. The van der Waals surface area contributed by atoms with Crippen LogP contribution in [0.3, 0.4) is 0 Å². The van der Waals surface area contributed by atoms with Crippen molar-refractivity contribution in [2.75, 3.05) is 5.32 Å². The number of carbonyl (C=O) groups is 1. The molecule has 4 aromatic rings. The quantitative estimate of drug-likeness (QED) is 0.419. The molecule has 4 rings (SSSR count). The third-order valence-corrected chi connectivity index (χ3v) is 5.77. The van der Waals surface area contributed by atoms with Crippen LogP contribution >= 0.6 is 11.3 Å². The molecule has 1 aromatic heterocycles. The van der Waals surface area contributed by atoms with Gasteiger partial charge < -0.3 is 5.32 Å². The molecule has 1 heterocycles. The SMILES string of the molecule is CCc1ccc(CC(=O)Nc2nc(-c3ccccc3)c(-c3ccccc3)s2)cc1. The highest BCUT2D eigenvalue weighted by molar-refractivity contribution is 7.19. The number of anilines is 1. The number of rotatable bonds is 6. The summed E-state index contributed by atoms with van der Waals surface area (Å²) >= 11 is 1.51. The van der Waals surface area contributed by atoms with Crippen LogP contribution in [0.4, 0.5) is 5.13 Å². The van der Waals surface area contributed by atoms with Crippen LogP contribution in [0.15, 0.2) is 84.9 Å². The molecule has 0 atom stereocenters. The Morgan fingerprint density at radius 1 is 0.828 bits per heavy atom. The lowest BCUT2D eigenvalue weighted by molar-refractivity contribution is -0.115. The van der Waals surface area contributed by atoms with Gasteiger partial charge >= 0.3 is 0 Å². The zero-order valence-electron chi connectivity index (χ0n) is 16.3. The molecule has 3 aromatic carbocycles. The first-order valence-electron chi connectivity index (χ1n) is 9.72. The highest BCUT2D eigenvalue weighted by atomic mass is 32.1. The predicted molar refractivity (Wildman–Crippen MR) is 121 cm³/mol. The van der Waals surface area contributed by atoms with E-state index in [4.69, 9.17) is 4.98 Å². The molecule has 0 saturated heterocycles. The highest BCUT2D eigenvalue weighted by Crippen LogP contribution is 2.38. The maximum absolute atomic E-state index is 12.6. The minimum atomic E-state index is -0.0535. The van der Waals surface area contributed by atoms with E-state index >= 15 is 0 Å². The Kier molecular flexibility index (Phi) is 5.82. The summed E-state index contributed by atoms with van der Waals surface area (Å²) in [6.07, 6.45) is 1.33. The van der Waals surface area contributed by atoms with E-state index in [0.717, 1.165) is 33.7 Å². The Bertz CT molecular complexity index is 1030. The van der Waals surface area contributed by atoms with Crippen molar-refractivity contribution >= 4 is 22.4 Å². The maximum atomic E-state index is 12.6. The Hall–Kier alpha value is -3.24. The van der Waals surface area contributed by atoms with E-state index < -0.39 is 0 Å². The average molecular weight is 399 g/mol. The van der Waals surface area contributed by atoms with Crippen LogP contribution in [0.5, 0.6) is 0 Å². The summed E-state index contributed by atoms with van der Waals surface area (Å²) in [6, 6.07) is 28.4. The summed E-state index contributed by atoms with van der Waals surface area (Å²) in [4.78, 5) is 18.4. The third-order valence-electron chi connectivity index (χ3n) is 4.75. The summed E-state index contributed by atoms with van der Waals surface area (Å²) < 4.78 is 0. The molecular weight excluding hydrogens is 376 g/mol. The van der Waals surface area contributed by atoms with Crippen molar-refractivity contribution in [3.8, 4) is 21.7 Å². The van der Waals surface area contributed by atoms with Crippen molar-refractivity contribution in [1.29, 1.82) is 0 Å². The van der Waals surface area contributed by atoms with Gasteiger partial charge in [0.25, 0.3) is 0 Å². The Labute approximate surface area is 175 Å². The first kappa shape index (κ1) is 19.1. The first-order chi connectivity index (χ1) is 14.2. The molecule has 0 bridgehead atoms. The van der Waals surface area contributed by atoms with Gasteiger partial charge in [-0.1, -0.05) is 103 Å². The smallest absolute Gasteiger partial charge is 0.230 e. The molecule has 0 aliphatic rings. The summed E-state index contributed by atoms with van der Waals surface area (Å²) in [5.41, 5.74) is 5.30. The number of hydrogen-bond donors (Lipinski definition) is 1. The minimum Gasteiger partial charge on any atom is -0.302 e. The molecule has 1 amide bonds. The number of carbonyl (C=O) groups excluding carboxylic acids is 1. The van der Waals surface area contributed by atoms with Gasteiger partial charge in [-0.3, -0.25) is 4.79 Å². The van der Waals surface area contributed by atoms with Crippen molar-refractivity contribution in [2.24, 2.45) is 0 Å². The number of nitrogens with one attached hydrogen (secondary N) is 1. The van der Waals surface area contributed by atoms with Crippen LogP contribution in [-0.2, 0) is 17.6 Å². The fourth-order valence-electron chi connectivity index (χ4n) is 3.19. The summed E-state index contributed by atoms with van der Waals surface area (Å²) in [6.45, 7) is 2.12. The van der Waals surface area contributed by atoms with E-state index in [1.54, 1.807) is 0 Å². The second kappa shape index (κ2) is 8.84. The molecule has 29 heavy (non-hydrogen) atoms. The van der Waals surface area contributed by atoms with E-state index in [2.05, 4.69) is 36.5 Å². The van der Waals surface area contributed by atoms with Crippen LogP contribution in [0.25, 0.3) is 21.7 Å². The van der Waals surface area contributed by atoms with Gasteiger partial charge in [0.2, 0.25) is 5.91 Å². The number of aromatic nitrogens is 1. The number of hydrogen-bond acceptors (Lipinski definition) is 3. The van der Waals surface area contributed by atoms with Crippen LogP contribution in [0.2, 0.25) is 0 Å². The van der Waals surface area contributed by atoms with E-state index in [0.29, 0.717) is 11.6 Å². The van der Waals surface area contributed by atoms with Crippen molar-refractivity contribution in [2.45, 2.75) is 19.8 Å². The zero-order valence-corrected chi connectivity index (χ0v) is 17.1. The molecule has 0 unspecified atom stereocenters. The molecule has 1 N–H and O–H groups in total. The highest BCUT2D eigenvalue weighted by Gasteiger charge is 2.16. The lowest BCUT2D eigenvalue weighted by Crippen LogP contribution is -2.14. The molecule has 3 nitrogen and oxygen atoms in total. The molecule has 0 aliphatic carbocycles. The number of nitrogens with zero attached hydrogens (tertiary/aromatic N) is 1. The lowest BCUT2D eigenvalue weighted by atomic mass is 10.1. The Morgan fingerprint density at radius 2 is 1.41 bits per heavy atom. The van der Waals surface area contributed by atoms with Crippen LogP contribution < -0.4 is 5.32 Å². The van der Waals surface area contributed by atoms with Gasteiger partial charge in [0.1, 0.15) is 0 Å². The zero-order chi connectivity index (χ0) is 20.1. The van der Waals surface area contributed by atoms with E-state index in [9.17, 15) is 4.79 Å². The standard InChI is InChI=1S/C25H22N2OS/c1-2-18-13-15-19(16-14-18)17-22(28)26-25-27-23(20-9-5-3-6-10-20)24(29-25)21-11-7-4-8-12-21/h3-16H,2,17H2,1H3,(H,26,27,28). The van der Waals surface area contributed by atoms with Gasteiger partial charge in [0, 0.05) is 5.56 Å². The Morgan fingerprint density at radius 3 is 2.03 bits per heavy atom. The molecule has 0 spiro atoms. The van der Waals surface area contributed by atoms with Crippen molar-refractivity contribution in [3.05, 3.63) is 96.1 Å². The molecule has 0 radical (unpaired) electrons. The Balaban J connectivity index is 1.59. The summed E-state index contributed by atoms with van der Waals surface area (Å²) in [5, 5.41) is 3.61. The van der Waals surface area contributed by atoms with Crippen molar-refractivity contribution in [1.82, 2.24) is 4.98 Å². The van der Waals surface area contributed by atoms with E-state index in [1.807, 2.05) is 60.7 Å². The predicted octanol–water partition coefficient (Wildman–Crippen LogP) is 6.22. The largest absolute Gasteiger partial charge is 0.302 e. The second-order valence-corrected chi connectivity index (χ2v) is 7.82. The van der Waals surface area contributed by atoms with E-state index in [-0.39, 0.29) is 5.91 Å². The van der Waals surface area contributed by atoms with Gasteiger partial charge in [-0.2, -0.15) is 0 Å². The molecule has 144 valence electrons. The van der Waals surface area contributed by atoms with Crippen molar-refractivity contribution in [3.63, 3.8) is 0 Å². The van der Waals surface area contributed by atoms with Crippen LogP contribution in [0.1, 0.15) is 18.1 Å². The first-order valence-corrected chi connectivity index (χ1v) is 10.5. The monoisotopic (exact) mass is 398 g/mol. The third kappa shape index (κ3) is 4.61. The average Bonchev–Trinajstić information content (AvgIpc) is 3.19. The fraction of sp³-hybridized carbons (Fsp3) is 0.120. The summed E-state index contributed by atoms with van der Waals surface area (Å²) in [7, 11) is 0. The minimum absolute atomic E-state index is 0.0535. The van der Waals surface area contributed by atoms with Gasteiger partial charge in [0.15, 0.2) is 5.13 Å². The van der Waals surface area contributed by atoms with Gasteiger partial charge in [0.05, 0.1) is 17.0 Å². The van der Waals surface area contributed by atoms with Crippen LogP contribution in [-0.4, -0.2) is 10.9 Å². The van der Waals surface area contributed by atoms with Gasteiger partial charge in [-0.15, -0.1) is 0 Å². The van der Waals surface area contributed by atoms with Crippen LogP contribution in [0, 0.1) is 0 Å². The number of amides is 1. The van der Waals surface area contributed by atoms with Gasteiger partial charge in [-0.25, -0.2) is 4.98 Å². The number of thiazole rings is 1. The van der Waals surface area contributed by atoms with Crippen molar-refractivity contribution < 1.29 is 4.79 Å².